The van der Waals surface area contributed by atoms with E-state index in [2.05, 4.69) is 64.9 Å². The van der Waals surface area contributed by atoms with E-state index in [1.54, 1.807) is 0 Å². The van der Waals surface area contributed by atoms with Crippen molar-refractivity contribution in [3.63, 3.8) is 0 Å². The van der Waals surface area contributed by atoms with Crippen LogP contribution in [-0.2, 0) is 0 Å². The van der Waals surface area contributed by atoms with Crippen molar-refractivity contribution in [1.82, 2.24) is 9.97 Å². The topological polar surface area (TPSA) is 37.8 Å². The number of hydrogen-bond acceptors (Lipinski definition) is 3. The first-order valence-corrected chi connectivity index (χ1v) is 9.61. The fourth-order valence-corrected chi connectivity index (χ4v) is 3.50. The van der Waals surface area contributed by atoms with Crippen molar-refractivity contribution in [3.05, 3.63) is 109 Å². The van der Waals surface area contributed by atoms with Gasteiger partial charge in [0.05, 0.1) is 17.6 Å². The van der Waals surface area contributed by atoms with Gasteiger partial charge >= 0.3 is 0 Å². The van der Waals surface area contributed by atoms with Gasteiger partial charge in [-0.05, 0) is 11.5 Å². The third-order valence-corrected chi connectivity index (χ3v) is 4.93. The van der Waals surface area contributed by atoms with Gasteiger partial charge in [-0.2, -0.15) is 0 Å². The number of rotatable bonds is 4. The van der Waals surface area contributed by atoms with E-state index < -0.39 is 0 Å². The first kappa shape index (κ1) is 17.1. The summed E-state index contributed by atoms with van der Waals surface area (Å²) in [4.78, 5) is 9.55. The van der Waals surface area contributed by atoms with Gasteiger partial charge in [0.15, 0.2) is 5.82 Å². The van der Waals surface area contributed by atoms with Crippen LogP contribution in [0.25, 0.3) is 33.4 Å². The highest BCUT2D eigenvalue weighted by Crippen LogP contribution is 2.32. The van der Waals surface area contributed by atoms with Crippen LogP contribution >= 0.6 is 0 Å². The smallest absolute Gasteiger partial charge is 0.159 e. The molecule has 3 heteroatoms. The Morgan fingerprint density at radius 3 is 2.00 bits per heavy atom. The molecule has 0 atom stereocenters. The Balaban J connectivity index is 1.64. The Morgan fingerprint density at radius 2 is 1.21 bits per heavy atom. The van der Waals surface area contributed by atoms with Crippen LogP contribution in [0.3, 0.4) is 0 Å². The summed E-state index contributed by atoms with van der Waals surface area (Å²) in [6.45, 7) is 0. The Morgan fingerprint density at radius 1 is 0.552 bits per heavy atom. The lowest BCUT2D eigenvalue weighted by molar-refractivity contribution is 1.18. The fraction of sp³-hybridized carbons (Fsp3) is 0. The van der Waals surface area contributed by atoms with Crippen molar-refractivity contribution in [2.45, 2.75) is 0 Å². The summed E-state index contributed by atoms with van der Waals surface area (Å²) < 4.78 is 0. The van der Waals surface area contributed by atoms with E-state index in [-0.39, 0.29) is 0 Å². The van der Waals surface area contributed by atoms with Gasteiger partial charge in [-0.3, -0.25) is 0 Å². The summed E-state index contributed by atoms with van der Waals surface area (Å²) in [6.07, 6.45) is 1.87. The minimum absolute atomic E-state index is 0.716. The maximum Gasteiger partial charge on any atom is 0.159 e. The Kier molecular flexibility index (Phi) is 4.47. The zero-order chi connectivity index (χ0) is 19.5. The summed E-state index contributed by atoms with van der Waals surface area (Å²) in [5, 5.41) is 5.93. The van der Waals surface area contributed by atoms with E-state index in [0.717, 1.165) is 28.2 Å². The molecule has 29 heavy (non-hydrogen) atoms. The zero-order valence-corrected chi connectivity index (χ0v) is 15.8. The van der Waals surface area contributed by atoms with Crippen molar-refractivity contribution in [2.75, 3.05) is 5.32 Å². The van der Waals surface area contributed by atoms with Crippen LogP contribution in [0.2, 0.25) is 0 Å². The number of anilines is 2. The highest BCUT2D eigenvalue weighted by Gasteiger charge is 2.12. The second-order valence-electron chi connectivity index (χ2n) is 6.84. The van der Waals surface area contributed by atoms with Gasteiger partial charge in [0.2, 0.25) is 0 Å². The van der Waals surface area contributed by atoms with Crippen molar-refractivity contribution in [2.24, 2.45) is 0 Å². The third kappa shape index (κ3) is 3.46. The summed E-state index contributed by atoms with van der Waals surface area (Å²) >= 11 is 0. The summed E-state index contributed by atoms with van der Waals surface area (Å²) in [7, 11) is 0. The SMILES string of the molecule is c1ccc(-c2ncc(Nc3cccc4ccccc34)c(-c3ccccc3)n2)cc1. The Hall–Kier alpha value is -3.98. The maximum atomic E-state index is 4.92. The van der Waals surface area contributed by atoms with Gasteiger partial charge in [0.1, 0.15) is 0 Å². The average molecular weight is 373 g/mol. The number of nitrogens with zero attached hydrogens (tertiary/aromatic N) is 2. The minimum Gasteiger partial charge on any atom is -0.352 e. The summed E-state index contributed by atoms with van der Waals surface area (Å²) in [5.41, 5.74) is 4.85. The molecule has 0 saturated heterocycles. The van der Waals surface area contributed by atoms with Gasteiger partial charge in [0, 0.05) is 22.2 Å². The van der Waals surface area contributed by atoms with E-state index in [4.69, 9.17) is 4.98 Å². The largest absolute Gasteiger partial charge is 0.352 e. The molecule has 0 fully saturated rings. The van der Waals surface area contributed by atoms with Crippen LogP contribution in [0, 0.1) is 0 Å². The molecule has 0 amide bonds. The van der Waals surface area contributed by atoms with Crippen molar-refractivity contribution in [3.8, 4) is 22.6 Å². The molecule has 138 valence electrons. The quantitative estimate of drug-likeness (QED) is 0.380. The van der Waals surface area contributed by atoms with E-state index in [0.29, 0.717) is 5.82 Å². The van der Waals surface area contributed by atoms with Crippen LogP contribution in [0.15, 0.2) is 109 Å². The minimum atomic E-state index is 0.716. The van der Waals surface area contributed by atoms with Crippen LogP contribution in [0.1, 0.15) is 0 Å². The number of fused-ring (bicyclic) bond motifs is 1. The molecular weight excluding hydrogens is 354 g/mol. The molecule has 0 unspecified atom stereocenters. The van der Waals surface area contributed by atoms with Crippen molar-refractivity contribution < 1.29 is 0 Å². The number of benzene rings is 4. The Bertz CT molecular complexity index is 1260. The van der Waals surface area contributed by atoms with E-state index in [1.807, 2.05) is 54.7 Å². The predicted molar refractivity (Wildman–Crippen MR) is 120 cm³/mol. The van der Waals surface area contributed by atoms with Crippen LogP contribution in [0.4, 0.5) is 11.4 Å². The molecule has 1 aromatic heterocycles. The van der Waals surface area contributed by atoms with Gasteiger partial charge in [-0.15, -0.1) is 0 Å². The number of nitrogens with one attached hydrogen (secondary N) is 1. The first-order chi connectivity index (χ1) is 14.4. The molecule has 4 aromatic carbocycles. The van der Waals surface area contributed by atoms with E-state index in [1.165, 1.54) is 10.8 Å². The maximum absolute atomic E-state index is 4.92. The molecule has 0 spiro atoms. The zero-order valence-electron chi connectivity index (χ0n) is 15.8. The Labute approximate surface area is 169 Å². The number of aromatic nitrogens is 2. The summed E-state index contributed by atoms with van der Waals surface area (Å²) in [6, 6.07) is 34.9. The molecule has 5 rings (SSSR count). The molecule has 0 bridgehead atoms. The number of hydrogen-bond donors (Lipinski definition) is 1. The second kappa shape index (κ2) is 7.56. The monoisotopic (exact) mass is 373 g/mol. The van der Waals surface area contributed by atoms with Gasteiger partial charge in [0.25, 0.3) is 0 Å². The summed E-state index contributed by atoms with van der Waals surface area (Å²) in [5.74, 6) is 0.716. The second-order valence-corrected chi connectivity index (χ2v) is 6.84. The molecule has 0 aliphatic heterocycles. The molecule has 0 radical (unpaired) electrons. The third-order valence-electron chi connectivity index (χ3n) is 4.93. The normalized spacial score (nSPS) is 10.8. The van der Waals surface area contributed by atoms with Crippen molar-refractivity contribution in [1.29, 1.82) is 0 Å². The highest BCUT2D eigenvalue weighted by molar-refractivity contribution is 5.96. The average Bonchev–Trinajstić information content (AvgIpc) is 2.81. The van der Waals surface area contributed by atoms with Crippen molar-refractivity contribution >= 4 is 22.1 Å². The van der Waals surface area contributed by atoms with Gasteiger partial charge in [-0.1, -0.05) is 97.1 Å². The lowest BCUT2D eigenvalue weighted by atomic mass is 10.1. The van der Waals surface area contributed by atoms with Crippen LogP contribution in [-0.4, -0.2) is 9.97 Å². The molecule has 1 N–H and O–H groups in total. The predicted octanol–water partition coefficient (Wildman–Crippen LogP) is 6.71. The molecule has 1 heterocycles. The molecule has 0 aliphatic carbocycles. The molecular formula is C26H19N3. The highest BCUT2D eigenvalue weighted by atomic mass is 15.0. The molecule has 5 aromatic rings. The molecule has 0 aliphatic rings. The van der Waals surface area contributed by atoms with E-state index in [9.17, 15) is 0 Å². The fourth-order valence-electron chi connectivity index (χ4n) is 3.50. The van der Waals surface area contributed by atoms with E-state index >= 15 is 0 Å². The molecule has 0 saturated carbocycles. The van der Waals surface area contributed by atoms with Crippen LogP contribution < -0.4 is 5.32 Å². The standard InChI is InChI=1S/C26H19N3/c1-3-11-20(12-4-1)25-24(18-27-26(29-25)21-13-5-2-6-14-21)28-23-17-9-15-19-10-7-8-16-22(19)23/h1-18,28H. The van der Waals surface area contributed by atoms with Gasteiger partial charge < -0.3 is 5.32 Å². The lowest BCUT2D eigenvalue weighted by Gasteiger charge is -2.14. The first-order valence-electron chi connectivity index (χ1n) is 9.61. The van der Waals surface area contributed by atoms with Gasteiger partial charge in [-0.25, -0.2) is 9.97 Å². The lowest BCUT2D eigenvalue weighted by Crippen LogP contribution is -2.00. The molecule has 3 nitrogen and oxygen atoms in total. The van der Waals surface area contributed by atoms with Crippen LogP contribution in [0.5, 0.6) is 0 Å².